The minimum Gasteiger partial charge on any atom is -0.294 e. The Bertz CT molecular complexity index is 494. The summed E-state index contributed by atoms with van der Waals surface area (Å²) in [5.41, 5.74) is 2.55. The van der Waals surface area contributed by atoms with Crippen LogP contribution in [0.2, 0.25) is 0 Å². The number of hydrogen-bond donors (Lipinski definition) is 0. The molecule has 0 saturated carbocycles. The maximum absolute atomic E-state index is 11.9. The molecule has 0 amide bonds. The molecular formula is C13H12N2O. The Hall–Kier alpha value is -2.03. The second kappa shape index (κ2) is 4.66. The molecule has 3 nitrogen and oxygen atoms in total. The van der Waals surface area contributed by atoms with Gasteiger partial charge in [0.2, 0.25) is 0 Å². The van der Waals surface area contributed by atoms with Gasteiger partial charge < -0.3 is 0 Å². The quantitative estimate of drug-likeness (QED) is 0.732. The Morgan fingerprint density at radius 2 is 1.94 bits per heavy atom. The van der Waals surface area contributed by atoms with Crippen molar-refractivity contribution in [1.82, 2.24) is 9.97 Å². The van der Waals surface area contributed by atoms with Gasteiger partial charge >= 0.3 is 0 Å². The first kappa shape index (κ1) is 10.5. The van der Waals surface area contributed by atoms with E-state index in [1.165, 1.54) is 0 Å². The molecule has 0 atom stereocenters. The number of aryl methyl sites for hydroxylation is 1. The van der Waals surface area contributed by atoms with Gasteiger partial charge in [0.15, 0.2) is 5.78 Å². The van der Waals surface area contributed by atoms with Crippen molar-refractivity contribution in [1.29, 1.82) is 0 Å². The zero-order valence-corrected chi connectivity index (χ0v) is 9.05. The SMILES string of the molecule is Cc1cc(C(=O)Cc2ccncc2)ccn1. The van der Waals surface area contributed by atoms with Crippen molar-refractivity contribution >= 4 is 5.78 Å². The monoisotopic (exact) mass is 212 g/mol. The first-order valence-electron chi connectivity index (χ1n) is 5.10. The number of rotatable bonds is 3. The summed E-state index contributed by atoms with van der Waals surface area (Å²) >= 11 is 0. The Morgan fingerprint density at radius 3 is 2.62 bits per heavy atom. The Balaban J connectivity index is 2.15. The number of Topliss-reactive ketones (excluding diaryl/α,β-unsaturated/α-hetero) is 1. The summed E-state index contributed by atoms with van der Waals surface area (Å²) in [4.78, 5) is 19.9. The van der Waals surface area contributed by atoms with Crippen LogP contribution in [0.5, 0.6) is 0 Å². The van der Waals surface area contributed by atoms with Gasteiger partial charge in [-0.2, -0.15) is 0 Å². The highest BCUT2D eigenvalue weighted by Crippen LogP contribution is 2.07. The number of aromatic nitrogens is 2. The highest BCUT2D eigenvalue weighted by molar-refractivity contribution is 5.97. The summed E-state index contributed by atoms with van der Waals surface area (Å²) in [6.07, 6.45) is 5.46. The van der Waals surface area contributed by atoms with Crippen LogP contribution in [0.3, 0.4) is 0 Å². The molecule has 2 aromatic rings. The molecule has 0 fully saturated rings. The van der Waals surface area contributed by atoms with Gasteiger partial charge in [0, 0.05) is 36.3 Å². The van der Waals surface area contributed by atoms with Gasteiger partial charge in [0.05, 0.1) is 0 Å². The van der Waals surface area contributed by atoms with Crippen LogP contribution in [0.25, 0.3) is 0 Å². The van der Waals surface area contributed by atoms with E-state index in [2.05, 4.69) is 9.97 Å². The molecule has 2 rings (SSSR count). The number of ketones is 1. The van der Waals surface area contributed by atoms with Crippen LogP contribution in [0, 0.1) is 6.92 Å². The number of carbonyl (C=O) groups excluding carboxylic acids is 1. The molecule has 0 unspecified atom stereocenters. The highest BCUT2D eigenvalue weighted by Gasteiger charge is 2.06. The van der Waals surface area contributed by atoms with E-state index in [9.17, 15) is 4.79 Å². The summed E-state index contributed by atoms with van der Waals surface area (Å²) in [5.74, 6) is 0.108. The van der Waals surface area contributed by atoms with Gasteiger partial charge in [-0.3, -0.25) is 14.8 Å². The molecule has 2 heterocycles. The van der Waals surface area contributed by atoms with E-state index in [1.807, 2.05) is 25.1 Å². The Labute approximate surface area is 94.2 Å². The predicted molar refractivity (Wildman–Crippen MR) is 61.2 cm³/mol. The molecule has 0 aliphatic rings. The molecule has 0 bridgehead atoms. The fourth-order valence-corrected chi connectivity index (χ4v) is 1.51. The van der Waals surface area contributed by atoms with Gasteiger partial charge in [0.25, 0.3) is 0 Å². The van der Waals surface area contributed by atoms with Gasteiger partial charge in [-0.15, -0.1) is 0 Å². The minimum absolute atomic E-state index is 0.108. The van der Waals surface area contributed by atoms with E-state index < -0.39 is 0 Å². The first-order chi connectivity index (χ1) is 7.75. The lowest BCUT2D eigenvalue weighted by atomic mass is 10.0. The Kier molecular flexibility index (Phi) is 3.05. The maximum atomic E-state index is 11.9. The molecule has 0 aromatic carbocycles. The minimum atomic E-state index is 0.108. The van der Waals surface area contributed by atoms with E-state index in [-0.39, 0.29) is 5.78 Å². The van der Waals surface area contributed by atoms with Crippen molar-refractivity contribution in [2.75, 3.05) is 0 Å². The number of hydrogen-bond acceptors (Lipinski definition) is 3. The van der Waals surface area contributed by atoms with Crippen molar-refractivity contribution in [3.05, 3.63) is 59.7 Å². The summed E-state index contributed by atoms with van der Waals surface area (Å²) in [6.45, 7) is 1.88. The third-order valence-electron chi connectivity index (χ3n) is 2.33. The number of pyridine rings is 2. The summed E-state index contributed by atoms with van der Waals surface area (Å²) in [6, 6.07) is 7.26. The van der Waals surface area contributed by atoms with Crippen LogP contribution in [-0.4, -0.2) is 15.8 Å². The van der Waals surface area contributed by atoms with Crippen LogP contribution in [0.15, 0.2) is 42.9 Å². The molecule has 0 aliphatic carbocycles. The van der Waals surface area contributed by atoms with Crippen LogP contribution < -0.4 is 0 Å². The lowest BCUT2D eigenvalue weighted by molar-refractivity contribution is 0.0993. The third-order valence-corrected chi connectivity index (χ3v) is 2.33. The average Bonchev–Trinajstić information content (AvgIpc) is 2.30. The van der Waals surface area contributed by atoms with Gasteiger partial charge in [-0.1, -0.05) is 0 Å². The molecule has 0 radical (unpaired) electrons. The maximum Gasteiger partial charge on any atom is 0.167 e. The fourth-order valence-electron chi connectivity index (χ4n) is 1.51. The predicted octanol–water partition coefficient (Wildman–Crippen LogP) is 2.21. The average molecular weight is 212 g/mol. The fraction of sp³-hybridized carbons (Fsp3) is 0.154. The molecule has 0 aliphatic heterocycles. The van der Waals surface area contributed by atoms with Crippen LogP contribution >= 0.6 is 0 Å². The van der Waals surface area contributed by atoms with Crippen molar-refractivity contribution < 1.29 is 4.79 Å². The van der Waals surface area contributed by atoms with Gasteiger partial charge in [0.1, 0.15) is 0 Å². The number of carbonyl (C=O) groups is 1. The lowest BCUT2D eigenvalue weighted by Gasteiger charge is -2.01. The van der Waals surface area contributed by atoms with Crippen molar-refractivity contribution in [3.63, 3.8) is 0 Å². The number of nitrogens with zero attached hydrogens (tertiary/aromatic N) is 2. The molecule has 16 heavy (non-hydrogen) atoms. The van der Waals surface area contributed by atoms with E-state index in [0.717, 1.165) is 11.3 Å². The second-order valence-electron chi connectivity index (χ2n) is 3.64. The molecule has 0 spiro atoms. The first-order valence-corrected chi connectivity index (χ1v) is 5.10. The van der Waals surface area contributed by atoms with Crippen molar-refractivity contribution in [2.24, 2.45) is 0 Å². The van der Waals surface area contributed by atoms with Gasteiger partial charge in [-0.05, 0) is 36.8 Å². The van der Waals surface area contributed by atoms with Crippen LogP contribution in [-0.2, 0) is 6.42 Å². The zero-order valence-electron chi connectivity index (χ0n) is 9.05. The largest absolute Gasteiger partial charge is 0.294 e. The van der Waals surface area contributed by atoms with E-state index in [4.69, 9.17) is 0 Å². The second-order valence-corrected chi connectivity index (χ2v) is 3.64. The topological polar surface area (TPSA) is 42.9 Å². The van der Waals surface area contributed by atoms with E-state index >= 15 is 0 Å². The molecular weight excluding hydrogens is 200 g/mol. The molecule has 0 N–H and O–H groups in total. The zero-order chi connectivity index (χ0) is 11.4. The summed E-state index contributed by atoms with van der Waals surface area (Å²) in [7, 11) is 0. The van der Waals surface area contributed by atoms with Crippen LogP contribution in [0.1, 0.15) is 21.6 Å². The standard InChI is InChI=1S/C13H12N2O/c1-10-8-12(4-7-15-10)13(16)9-11-2-5-14-6-3-11/h2-8H,9H2,1H3. The summed E-state index contributed by atoms with van der Waals surface area (Å²) < 4.78 is 0. The molecule has 3 heteroatoms. The molecule has 0 saturated heterocycles. The van der Waals surface area contributed by atoms with Crippen molar-refractivity contribution in [3.8, 4) is 0 Å². The highest BCUT2D eigenvalue weighted by atomic mass is 16.1. The third kappa shape index (κ3) is 2.51. The Morgan fingerprint density at radius 1 is 1.19 bits per heavy atom. The molecule has 80 valence electrons. The van der Waals surface area contributed by atoms with Crippen molar-refractivity contribution in [2.45, 2.75) is 13.3 Å². The van der Waals surface area contributed by atoms with E-state index in [1.54, 1.807) is 24.7 Å². The lowest BCUT2D eigenvalue weighted by Crippen LogP contribution is -2.04. The van der Waals surface area contributed by atoms with Crippen LogP contribution in [0.4, 0.5) is 0 Å². The summed E-state index contributed by atoms with van der Waals surface area (Å²) in [5, 5.41) is 0. The smallest absolute Gasteiger partial charge is 0.167 e. The molecule has 2 aromatic heterocycles. The van der Waals surface area contributed by atoms with E-state index in [0.29, 0.717) is 12.0 Å². The normalized spacial score (nSPS) is 10.1. The van der Waals surface area contributed by atoms with Gasteiger partial charge in [-0.25, -0.2) is 0 Å².